The summed E-state index contributed by atoms with van der Waals surface area (Å²) in [6.45, 7) is 6.90. The zero-order valence-electron chi connectivity index (χ0n) is 10.7. The summed E-state index contributed by atoms with van der Waals surface area (Å²) >= 11 is 7.55. The highest BCUT2D eigenvalue weighted by Gasteiger charge is 2.03. The maximum atomic E-state index is 5.90. The molecule has 2 rings (SSSR count). The number of nitrogens with one attached hydrogen (secondary N) is 1. The largest absolute Gasteiger partial charge is 0.311 e. The summed E-state index contributed by atoms with van der Waals surface area (Å²) in [6, 6.07) is 6.19. The van der Waals surface area contributed by atoms with E-state index in [-0.39, 0.29) is 0 Å². The Morgan fingerprint density at radius 3 is 2.94 bits per heavy atom. The van der Waals surface area contributed by atoms with Gasteiger partial charge in [0.05, 0.1) is 15.7 Å². The third-order valence-electron chi connectivity index (χ3n) is 2.77. The monoisotopic (exact) mass is 283 g/mol. The Morgan fingerprint density at radius 2 is 2.28 bits per heavy atom. The Hall–Kier alpha value is -0.840. The van der Waals surface area contributed by atoms with Crippen LogP contribution in [0.2, 0.25) is 4.34 Å². The average Bonchev–Trinajstić information content (AvgIpc) is 2.91. The van der Waals surface area contributed by atoms with Gasteiger partial charge in [-0.2, -0.15) is 5.10 Å². The summed E-state index contributed by atoms with van der Waals surface area (Å²) in [7, 11) is 0. The van der Waals surface area contributed by atoms with Crippen molar-refractivity contribution in [3.05, 3.63) is 38.8 Å². The van der Waals surface area contributed by atoms with Crippen molar-refractivity contribution in [2.45, 2.75) is 33.4 Å². The molecule has 0 saturated heterocycles. The topological polar surface area (TPSA) is 29.9 Å². The molecule has 3 nitrogen and oxygen atoms in total. The molecule has 0 aromatic carbocycles. The van der Waals surface area contributed by atoms with Crippen molar-refractivity contribution in [2.75, 3.05) is 6.54 Å². The average molecular weight is 284 g/mol. The number of nitrogens with zero attached hydrogens (tertiary/aromatic N) is 2. The quantitative estimate of drug-likeness (QED) is 0.825. The molecule has 0 amide bonds. The maximum absolute atomic E-state index is 5.90. The van der Waals surface area contributed by atoms with Gasteiger partial charge in [0.25, 0.3) is 0 Å². The lowest BCUT2D eigenvalue weighted by Gasteiger charge is -2.05. The second-order valence-electron chi connectivity index (χ2n) is 4.23. The lowest BCUT2D eigenvalue weighted by molar-refractivity contribution is 0.580. The van der Waals surface area contributed by atoms with Crippen molar-refractivity contribution in [1.29, 1.82) is 0 Å². The number of rotatable bonds is 6. The standard InChI is InChI=1S/C13H18ClN3S/c1-3-17-11(8-10(2)16-17)9-15-7-6-12-4-5-13(14)18-12/h4-5,8,15H,3,6-7,9H2,1-2H3. The summed E-state index contributed by atoms with van der Waals surface area (Å²) in [6.07, 6.45) is 1.02. The van der Waals surface area contributed by atoms with Crippen LogP contribution in [0.4, 0.5) is 0 Å². The molecule has 0 unspecified atom stereocenters. The van der Waals surface area contributed by atoms with Crippen molar-refractivity contribution in [3.63, 3.8) is 0 Å². The first-order valence-electron chi connectivity index (χ1n) is 6.17. The Bertz CT molecular complexity index is 504. The minimum absolute atomic E-state index is 0.865. The summed E-state index contributed by atoms with van der Waals surface area (Å²) in [5, 5.41) is 7.88. The fourth-order valence-corrected chi connectivity index (χ4v) is 3.02. The fourth-order valence-electron chi connectivity index (χ4n) is 1.93. The van der Waals surface area contributed by atoms with Gasteiger partial charge in [0.1, 0.15) is 0 Å². The highest BCUT2D eigenvalue weighted by atomic mass is 35.5. The first kappa shape index (κ1) is 13.6. The molecule has 1 N–H and O–H groups in total. The lowest BCUT2D eigenvalue weighted by Crippen LogP contribution is -2.18. The van der Waals surface area contributed by atoms with E-state index in [0.29, 0.717) is 0 Å². The molecule has 2 aromatic rings. The van der Waals surface area contributed by atoms with Crippen LogP contribution in [-0.4, -0.2) is 16.3 Å². The number of thiophene rings is 1. The van der Waals surface area contributed by atoms with E-state index in [1.165, 1.54) is 10.6 Å². The van der Waals surface area contributed by atoms with E-state index >= 15 is 0 Å². The molecule has 0 bridgehead atoms. The van der Waals surface area contributed by atoms with Gasteiger partial charge in [0.15, 0.2) is 0 Å². The van der Waals surface area contributed by atoms with Gasteiger partial charge in [-0.25, -0.2) is 0 Å². The second kappa shape index (κ2) is 6.36. The molecule has 98 valence electrons. The molecular weight excluding hydrogens is 266 g/mol. The van der Waals surface area contributed by atoms with Crippen LogP contribution in [0.15, 0.2) is 18.2 Å². The van der Waals surface area contributed by atoms with E-state index in [2.05, 4.69) is 29.5 Å². The Balaban J connectivity index is 1.78. The van der Waals surface area contributed by atoms with Crippen molar-refractivity contribution < 1.29 is 0 Å². The van der Waals surface area contributed by atoms with E-state index in [0.717, 1.165) is 36.1 Å². The first-order chi connectivity index (χ1) is 8.69. The van der Waals surface area contributed by atoms with Crippen molar-refractivity contribution in [2.24, 2.45) is 0 Å². The SMILES string of the molecule is CCn1nc(C)cc1CNCCc1ccc(Cl)s1. The molecule has 0 spiro atoms. The fraction of sp³-hybridized carbons (Fsp3) is 0.462. The number of aromatic nitrogens is 2. The number of halogens is 1. The molecule has 0 fully saturated rings. The third kappa shape index (κ3) is 3.57. The molecule has 0 aliphatic carbocycles. The van der Waals surface area contributed by atoms with E-state index in [9.17, 15) is 0 Å². The number of hydrogen-bond donors (Lipinski definition) is 1. The number of hydrogen-bond acceptors (Lipinski definition) is 3. The van der Waals surface area contributed by atoms with Crippen molar-refractivity contribution in [1.82, 2.24) is 15.1 Å². The maximum Gasteiger partial charge on any atom is 0.0931 e. The van der Waals surface area contributed by atoms with Crippen LogP contribution in [0.5, 0.6) is 0 Å². The predicted octanol–water partition coefficient (Wildman–Crippen LogP) is 3.26. The summed E-state index contributed by atoms with van der Waals surface area (Å²) in [4.78, 5) is 1.33. The van der Waals surface area contributed by atoms with Crippen LogP contribution < -0.4 is 5.32 Å². The minimum atomic E-state index is 0.865. The number of aryl methyl sites for hydroxylation is 2. The predicted molar refractivity (Wildman–Crippen MR) is 77.4 cm³/mol. The van der Waals surface area contributed by atoms with Crippen LogP contribution in [0.1, 0.15) is 23.2 Å². The van der Waals surface area contributed by atoms with E-state index in [4.69, 9.17) is 11.6 Å². The summed E-state index contributed by atoms with van der Waals surface area (Å²) in [5.41, 5.74) is 2.33. The van der Waals surface area contributed by atoms with Crippen LogP contribution >= 0.6 is 22.9 Å². The Labute approximate surface area is 117 Å². The molecule has 18 heavy (non-hydrogen) atoms. The van der Waals surface area contributed by atoms with Gasteiger partial charge >= 0.3 is 0 Å². The van der Waals surface area contributed by atoms with Gasteiger partial charge in [0.2, 0.25) is 0 Å². The van der Waals surface area contributed by atoms with Crippen LogP contribution in [-0.2, 0) is 19.5 Å². The van der Waals surface area contributed by atoms with Gasteiger partial charge in [-0.1, -0.05) is 11.6 Å². The first-order valence-corrected chi connectivity index (χ1v) is 7.36. The van der Waals surface area contributed by atoms with Gasteiger partial charge in [-0.3, -0.25) is 4.68 Å². The molecule has 0 aliphatic rings. The van der Waals surface area contributed by atoms with Crippen molar-refractivity contribution in [3.8, 4) is 0 Å². The summed E-state index contributed by atoms with van der Waals surface area (Å²) in [5.74, 6) is 0. The Kier molecular flexibility index (Phi) is 4.80. The third-order valence-corrected chi connectivity index (χ3v) is 4.06. The van der Waals surface area contributed by atoms with Gasteiger partial charge < -0.3 is 5.32 Å². The molecule has 2 heterocycles. The molecule has 2 aromatic heterocycles. The van der Waals surface area contributed by atoms with E-state index in [1.54, 1.807) is 11.3 Å². The van der Waals surface area contributed by atoms with Crippen LogP contribution in [0.25, 0.3) is 0 Å². The van der Waals surface area contributed by atoms with Crippen LogP contribution in [0.3, 0.4) is 0 Å². The lowest BCUT2D eigenvalue weighted by atomic mass is 10.3. The van der Waals surface area contributed by atoms with Gasteiger partial charge in [0, 0.05) is 24.5 Å². The molecule has 5 heteroatoms. The van der Waals surface area contributed by atoms with E-state index in [1.807, 2.05) is 17.7 Å². The molecule has 0 radical (unpaired) electrons. The zero-order valence-corrected chi connectivity index (χ0v) is 12.3. The summed E-state index contributed by atoms with van der Waals surface area (Å²) < 4.78 is 2.91. The molecule has 0 aliphatic heterocycles. The van der Waals surface area contributed by atoms with Gasteiger partial charge in [-0.05, 0) is 38.5 Å². The van der Waals surface area contributed by atoms with E-state index < -0.39 is 0 Å². The van der Waals surface area contributed by atoms with Crippen LogP contribution in [0, 0.1) is 6.92 Å². The molecule has 0 atom stereocenters. The van der Waals surface area contributed by atoms with Crippen molar-refractivity contribution >= 4 is 22.9 Å². The highest BCUT2D eigenvalue weighted by Crippen LogP contribution is 2.21. The Morgan fingerprint density at radius 1 is 1.44 bits per heavy atom. The zero-order chi connectivity index (χ0) is 13.0. The van der Waals surface area contributed by atoms with Gasteiger partial charge in [-0.15, -0.1) is 11.3 Å². The normalized spacial score (nSPS) is 11.1. The minimum Gasteiger partial charge on any atom is -0.311 e. The highest BCUT2D eigenvalue weighted by molar-refractivity contribution is 7.16. The second-order valence-corrected chi connectivity index (χ2v) is 6.03. The molecular formula is C13H18ClN3S. The smallest absolute Gasteiger partial charge is 0.0931 e. The molecule has 0 saturated carbocycles.